The quantitative estimate of drug-likeness (QED) is 0.249. The Morgan fingerprint density at radius 2 is 1.05 bits per heavy atom. The summed E-state index contributed by atoms with van der Waals surface area (Å²) in [5.74, 6) is -5.02. The largest absolute Gasteiger partial charge is 1.00 e. The van der Waals surface area contributed by atoms with Gasteiger partial charge in [-0.05, 0) is 0 Å². The smallest absolute Gasteiger partial charge is 0.822 e. The van der Waals surface area contributed by atoms with Crippen molar-refractivity contribution in [3.8, 4) is 0 Å². The molecule has 0 aliphatic carbocycles. The Balaban J connectivity index is -0.0000000933. The fraction of sp³-hybridized carbons (Fsp3) is 0.500. The molecule has 0 bridgehead atoms. The van der Waals surface area contributed by atoms with Gasteiger partial charge in [-0.15, -0.1) is 0 Å². The van der Waals surface area contributed by atoms with Gasteiger partial charge in [0.2, 0.25) is 0 Å². The SMILES string of the molecule is O=C(O)CC(O)(CC(=O)O)C(=O)O.O=P([O-])([O-])[O-].[K+].[K+].[K+]. The summed E-state index contributed by atoms with van der Waals surface area (Å²) in [5.41, 5.74) is -2.74. The standard InChI is InChI=1S/C6H8O7.3K.H3O4P/c7-3(8)1-6(13,5(11)12)2-4(9)10;;;;1-5(2,3)4/h13H,1-2H2,(H,7,8)(H,9,10)(H,11,12);;;;(H3,1,2,3,4)/q;3*+1;/p-3. The van der Waals surface area contributed by atoms with E-state index in [9.17, 15) is 14.4 Å². The van der Waals surface area contributed by atoms with Crippen LogP contribution in [0.2, 0.25) is 0 Å². The van der Waals surface area contributed by atoms with E-state index in [0.717, 1.165) is 0 Å². The molecule has 0 rings (SSSR count). The molecule has 4 N–H and O–H groups in total. The average molecular weight is 404 g/mol. The van der Waals surface area contributed by atoms with Crippen molar-refractivity contribution in [2.75, 3.05) is 0 Å². The molecule has 0 heterocycles. The van der Waals surface area contributed by atoms with Gasteiger partial charge in [-0.1, -0.05) is 0 Å². The third-order valence-corrected chi connectivity index (χ3v) is 1.29. The second kappa shape index (κ2) is 16.8. The van der Waals surface area contributed by atoms with Gasteiger partial charge in [0.05, 0.1) is 12.8 Å². The van der Waals surface area contributed by atoms with Crippen molar-refractivity contribution in [2.24, 2.45) is 0 Å². The Labute approximate surface area is 246 Å². The predicted octanol–water partition coefficient (Wildman–Crippen LogP) is -13.1. The van der Waals surface area contributed by atoms with Gasteiger partial charge in [0.25, 0.3) is 0 Å². The zero-order valence-corrected chi connectivity index (χ0v) is 21.8. The molecule has 0 amide bonds. The Morgan fingerprint density at radius 1 is 0.857 bits per heavy atom. The third kappa shape index (κ3) is 28.5. The monoisotopic (exact) mass is 404 g/mol. The van der Waals surface area contributed by atoms with Crippen molar-refractivity contribution >= 4 is 25.7 Å². The summed E-state index contributed by atoms with van der Waals surface area (Å²) in [6, 6.07) is 0. The molecule has 106 valence electrons. The summed E-state index contributed by atoms with van der Waals surface area (Å²) in [6.07, 6.45) is -2.29. The minimum absolute atomic E-state index is 0. The van der Waals surface area contributed by atoms with Gasteiger partial charge in [0.15, 0.2) is 5.60 Å². The maximum Gasteiger partial charge on any atom is 1.00 e. The summed E-state index contributed by atoms with van der Waals surface area (Å²) in [6.45, 7) is 0. The first-order valence-corrected chi connectivity index (χ1v) is 5.36. The molecule has 0 spiro atoms. The Kier molecular flexibility index (Phi) is 28.5. The number of phosphoric acid groups is 1. The van der Waals surface area contributed by atoms with Crippen LogP contribution >= 0.6 is 7.82 Å². The zero-order chi connectivity index (χ0) is 15.1. The first kappa shape index (κ1) is 35.5. The summed E-state index contributed by atoms with van der Waals surface area (Å²) in [7, 11) is -5.39. The van der Waals surface area contributed by atoms with E-state index in [2.05, 4.69) is 0 Å². The fourth-order valence-electron chi connectivity index (χ4n) is 0.714. The van der Waals surface area contributed by atoms with Gasteiger partial charge in [0, 0.05) is 0 Å². The van der Waals surface area contributed by atoms with E-state index in [1.165, 1.54) is 0 Å². The summed E-state index contributed by atoms with van der Waals surface area (Å²) in [4.78, 5) is 56.1. The van der Waals surface area contributed by atoms with Gasteiger partial charge in [-0.25, -0.2) is 4.79 Å². The van der Waals surface area contributed by atoms with Gasteiger partial charge in [-0.2, -0.15) is 7.82 Å². The number of aliphatic carboxylic acids is 3. The first-order valence-electron chi connectivity index (χ1n) is 3.90. The molecule has 0 saturated heterocycles. The molecule has 0 saturated carbocycles. The van der Waals surface area contributed by atoms with Crippen molar-refractivity contribution in [3.63, 3.8) is 0 Å². The van der Waals surface area contributed by atoms with Crippen molar-refractivity contribution in [1.29, 1.82) is 0 Å². The second-order valence-electron chi connectivity index (χ2n) is 2.92. The van der Waals surface area contributed by atoms with Gasteiger partial charge >= 0.3 is 172 Å². The molecule has 0 unspecified atom stereocenters. The predicted molar refractivity (Wildman–Crippen MR) is 44.7 cm³/mol. The molecular formula is C6H8K3O11P. The van der Waals surface area contributed by atoms with Crippen molar-refractivity contribution in [2.45, 2.75) is 18.4 Å². The minimum atomic E-state index is -5.39. The van der Waals surface area contributed by atoms with Crippen molar-refractivity contribution in [1.82, 2.24) is 0 Å². The zero-order valence-electron chi connectivity index (χ0n) is 11.5. The maximum atomic E-state index is 10.3. The van der Waals surface area contributed by atoms with E-state index >= 15 is 0 Å². The van der Waals surface area contributed by atoms with Crippen LogP contribution in [0.1, 0.15) is 12.8 Å². The third-order valence-electron chi connectivity index (χ3n) is 1.29. The van der Waals surface area contributed by atoms with Gasteiger partial charge in [-0.3, -0.25) is 9.59 Å². The van der Waals surface area contributed by atoms with Crippen molar-refractivity contribution in [3.05, 3.63) is 0 Å². The first-order chi connectivity index (χ1) is 7.78. The second-order valence-corrected chi connectivity index (χ2v) is 3.82. The van der Waals surface area contributed by atoms with Crippen LogP contribution < -0.4 is 169 Å². The molecule has 0 aliphatic heterocycles. The summed E-state index contributed by atoms with van der Waals surface area (Å²) < 4.78 is 8.55. The Morgan fingerprint density at radius 3 is 1.14 bits per heavy atom. The van der Waals surface area contributed by atoms with Crippen molar-refractivity contribution < 1.29 is 208 Å². The number of aliphatic hydroxyl groups is 1. The number of carboxylic acids is 3. The average Bonchev–Trinajstić information content (AvgIpc) is 1.95. The molecule has 0 radical (unpaired) electrons. The number of hydrogen-bond donors (Lipinski definition) is 4. The van der Waals surface area contributed by atoms with E-state index in [1.54, 1.807) is 0 Å². The van der Waals surface area contributed by atoms with Crippen LogP contribution in [-0.4, -0.2) is 43.9 Å². The fourth-order valence-corrected chi connectivity index (χ4v) is 0.714. The number of carboxylic acid groups (broad SMARTS) is 3. The van der Waals surface area contributed by atoms with Crippen LogP contribution in [0.3, 0.4) is 0 Å². The van der Waals surface area contributed by atoms with Gasteiger partial charge < -0.3 is 39.7 Å². The number of hydrogen-bond acceptors (Lipinski definition) is 8. The van der Waals surface area contributed by atoms with Crippen LogP contribution in [0.15, 0.2) is 0 Å². The van der Waals surface area contributed by atoms with Crippen LogP contribution in [-0.2, 0) is 18.9 Å². The minimum Gasteiger partial charge on any atom is -0.822 e. The van der Waals surface area contributed by atoms with Crippen LogP contribution in [0.25, 0.3) is 0 Å². The number of rotatable bonds is 5. The molecule has 21 heavy (non-hydrogen) atoms. The van der Waals surface area contributed by atoms with E-state index in [1.807, 2.05) is 0 Å². The molecule has 0 aliphatic rings. The Hall–Kier alpha value is 3.39. The Bertz CT molecular complexity index is 356. The molecule has 0 aromatic heterocycles. The molecule has 0 aromatic carbocycles. The van der Waals surface area contributed by atoms with Crippen LogP contribution in [0.5, 0.6) is 0 Å². The van der Waals surface area contributed by atoms with Crippen LogP contribution in [0, 0.1) is 0 Å². The normalized spacial score (nSPS) is 9.52. The van der Waals surface area contributed by atoms with E-state index in [-0.39, 0.29) is 154 Å². The van der Waals surface area contributed by atoms with Crippen LogP contribution in [0.4, 0.5) is 0 Å². The molecule has 0 fully saturated rings. The van der Waals surface area contributed by atoms with E-state index in [4.69, 9.17) is 39.7 Å². The molecule has 15 heteroatoms. The topological polar surface area (TPSA) is 218 Å². The maximum absolute atomic E-state index is 10.3. The molecule has 11 nitrogen and oxygen atoms in total. The number of carbonyl (C=O) groups is 3. The van der Waals surface area contributed by atoms with Gasteiger partial charge in [0.1, 0.15) is 0 Å². The van der Waals surface area contributed by atoms with E-state index < -0.39 is 44.2 Å². The summed E-state index contributed by atoms with van der Waals surface area (Å²) in [5, 5.41) is 33.8. The molecule has 0 aromatic rings. The molecular weight excluding hydrogens is 396 g/mol. The summed E-state index contributed by atoms with van der Waals surface area (Å²) >= 11 is 0. The molecule has 0 atom stereocenters. The van der Waals surface area contributed by atoms with E-state index in [0.29, 0.717) is 0 Å².